The largest absolute Gasteiger partial charge is 0.461 e. The fourth-order valence-electron chi connectivity index (χ4n) is 4.99. The Kier molecular flexibility index (Phi) is 3.84. The van der Waals surface area contributed by atoms with Crippen molar-refractivity contribution in [1.82, 2.24) is 0 Å². The van der Waals surface area contributed by atoms with E-state index in [1.165, 1.54) is 43.2 Å². The van der Waals surface area contributed by atoms with Crippen molar-refractivity contribution in [3.63, 3.8) is 0 Å². The van der Waals surface area contributed by atoms with Crippen LogP contribution in [0.15, 0.2) is 47.1 Å². The van der Waals surface area contributed by atoms with E-state index in [1.807, 2.05) is 6.07 Å². The first kappa shape index (κ1) is 14.7. The zero-order valence-electron chi connectivity index (χ0n) is 13.6. The molecule has 0 saturated heterocycles. The van der Waals surface area contributed by atoms with Gasteiger partial charge in [-0.1, -0.05) is 37.1 Å². The number of Topliss-reactive ketones (excluding diaryl/α,β-unsaturated/α-hetero) is 1. The first-order valence-corrected chi connectivity index (χ1v) is 8.95. The van der Waals surface area contributed by atoms with Crippen molar-refractivity contribution in [2.75, 3.05) is 0 Å². The number of fused-ring (bicyclic) bond motifs is 1. The number of aryl methyl sites for hydroxylation is 1. The normalized spacial score (nSPS) is 24.5. The van der Waals surface area contributed by atoms with Gasteiger partial charge in [0.15, 0.2) is 11.5 Å². The van der Waals surface area contributed by atoms with Crippen LogP contribution in [0.2, 0.25) is 0 Å². The van der Waals surface area contributed by atoms with E-state index < -0.39 is 0 Å². The predicted molar refractivity (Wildman–Crippen MR) is 90.7 cm³/mol. The molecule has 1 unspecified atom stereocenters. The molecule has 120 valence electrons. The third-order valence-corrected chi connectivity index (χ3v) is 6.03. The Balaban J connectivity index is 1.75. The Hall–Kier alpha value is -1.83. The van der Waals surface area contributed by atoms with Gasteiger partial charge in [0.05, 0.1) is 6.26 Å². The highest BCUT2D eigenvalue weighted by atomic mass is 16.3. The van der Waals surface area contributed by atoms with E-state index in [0.717, 1.165) is 12.8 Å². The van der Waals surface area contributed by atoms with Gasteiger partial charge < -0.3 is 4.42 Å². The van der Waals surface area contributed by atoms with Gasteiger partial charge in [-0.2, -0.15) is 0 Å². The van der Waals surface area contributed by atoms with Gasteiger partial charge in [-0.15, -0.1) is 0 Å². The third-order valence-electron chi connectivity index (χ3n) is 6.03. The number of hydrogen-bond acceptors (Lipinski definition) is 2. The Labute approximate surface area is 137 Å². The molecule has 1 saturated carbocycles. The van der Waals surface area contributed by atoms with E-state index in [-0.39, 0.29) is 11.2 Å². The zero-order valence-corrected chi connectivity index (χ0v) is 13.6. The number of furan rings is 1. The van der Waals surface area contributed by atoms with Crippen molar-refractivity contribution in [2.24, 2.45) is 5.92 Å². The van der Waals surface area contributed by atoms with Crippen LogP contribution in [0, 0.1) is 5.92 Å². The smallest absolute Gasteiger partial charge is 0.198 e. The Morgan fingerprint density at radius 3 is 2.70 bits per heavy atom. The van der Waals surface area contributed by atoms with Crippen LogP contribution in [0.25, 0.3) is 0 Å². The Morgan fingerprint density at radius 2 is 1.91 bits per heavy atom. The maximum atomic E-state index is 12.9. The molecule has 1 atom stereocenters. The second kappa shape index (κ2) is 5.99. The molecule has 0 N–H and O–H groups in total. The van der Waals surface area contributed by atoms with E-state index in [9.17, 15) is 4.79 Å². The molecule has 23 heavy (non-hydrogen) atoms. The van der Waals surface area contributed by atoms with Crippen molar-refractivity contribution in [3.05, 3.63) is 59.5 Å². The summed E-state index contributed by atoms with van der Waals surface area (Å²) in [5.41, 5.74) is 2.92. The minimum atomic E-state index is 0.0230. The summed E-state index contributed by atoms with van der Waals surface area (Å²) in [7, 11) is 0. The summed E-state index contributed by atoms with van der Waals surface area (Å²) in [5, 5.41) is 0. The summed E-state index contributed by atoms with van der Waals surface area (Å²) in [6.45, 7) is 0. The summed E-state index contributed by atoms with van der Waals surface area (Å²) in [4.78, 5) is 12.9. The van der Waals surface area contributed by atoms with Gasteiger partial charge in [0.1, 0.15) is 0 Å². The molecule has 0 amide bonds. The maximum absolute atomic E-state index is 12.9. The Bertz CT molecular complexity index is 680. The fraction of sp³-hybridized carbons (Fsp3) is 0.476. The molecule has 1 aromatic heterocycles. The molecule has 2 aliphatic rings. The highest BCUT2D eigenvalue weighted by Crippen LogP contribution is 2.51. The fourth-order valence-corrected chi connectivity index (χ4v) is 4.99. The van der Waals surface area contributed by atoms with Crippen LogP contribution in [-0.4, -0.2) is 5.78 Å². The number of carbonyl (C=O) groups excluding carboxylic acids is 1. The van der Waals surface area contributed by atoms with Crippen molar-refractivity contribution in [1.29, 1.82) is 0 Å². The van der Waals surface area contributed by atoms with Crippen LogP contribution < -0.4 is 0 Å². The van der Waals surface area contributed by atoms with Gasteiger partial charge >= 0.3 is 0 Å². The first-order chi connectivity index (χ1) is 11.3. The molecule has 2 heteroatoms. The molecular formula is C21H24O2. The van der Waals surface area contributed by atoms with Crippen molar-refractivity contribution >= 4 is 5.78 Å². The van der Waals surface area contributed by atoms with Crippen molar-refractivity contribution < 1.29 is 9.21 Å². The van der Waals surface area contributed by atoms with Crippen molar-refractivity contribution in [2.45, 2.75) is 56.8 Å². The highest BCUT2D eigenvalue weighted by molar-refractivity contribution is 5.94. The van der Waals surface area contributed by atoms with Gasteiger partial charge in [-0.3, -0.25) is 4.79 Å². The topological polar surface area (TPSA) is 30.2 Å². The minimum absolute atomic E-state index is 0.0230. The van der Waals surface area contributed by atoms with Crippen molar-refractivity contribution in [3.8, 4) is 0 Å². The van der Waals surface area contributed by atoms with Gasteiger partial charge in [0.2, 0.25) is 0 Å². The second-order valence-corrected chi connectivity index (χ2v) is 7.23. The van der Waals surface area contributed by atoms with Crippen LogP contribution >= 0.6 is 0 Å². The molecule has 4 rings (SSSR count). The van der Waals surface area contributed by atoms with Gasteiger partial charge in [-0.05, 0) is 61.3 Å². The molecule has 2 aromatic rings. The van der Waals surface area contributed by atoms with Crippen LogP contribution in [0.1, 0.15) is 66.6 Å². The summed E-state index contributed by atoms with van der Waals surface area (Å²) >= 11 is 0. The van der Waals surface area contributed by atoms with Gasteiger partial charge in [0, 0.05) is 11.8 Å². The molecule has 0 aliphatic heterocycles. The lowest BCUT2D eigenvalue weighted by Crippen LogP contribution is -2.39. The first-order valence-electron chi connectivity index (χ1n) is 8.95. The maximum Gasteiger partial charge on any atom is 0.198 e. The third kappa shape index (κ3) is 2.54. The average Bonchev–Trinajstić information content (AvgIpc) is 3.29. The van der Waals surface area contributed by atoms with Crippen LogP contribution in [-0.2, 0) is 11.8 Å². The molecule has 2 nitrogen and oxygen atoms in total. The molecule has 0 radical (unpaired) electrons. The van der Waals surface area contributed by atoms with Gasteiger partial charge in [-0.25, -0.2) is 0 Å². The van der Waals surface area contributed by atoms with Crippen LogP contribution in [0.3, 0.4) is 0 Å². The van der Waals surface area contributed by atoms with E-state index >= 15 is 0 Å². The highest BCUT2D eigenvalue weighted by Gasteiger charge is 2.45. The zero-order chi connectivity index (χ0) is 15.7. The second-order valence-electron chi connectivity index (χ2n) is 7.23. The standard InChI is InChI=1S/C21H24O2/c22-19(20-12-6-14-23-20)15-21(17-9-2-3-10-17)13-5-8-16-7-1-4-11-18(16)21/h1,4,6-7,11-12,14,17H,2-3,5,8-10,13,15H2. The predicted octanol–water partition coefficient (Wildman–Crippen LogP) is 5.32. The minimum Gasteiger partial charge on any atom is -0.461 e. The number of benzene rings is 1. The van der Waals surface area contributed by atoms with Gasteiger partial charge in [0.25, 0.3) is 0 Å². The summed E-state index contributed by atoms with van der Waals surface area (Å²) in [6, 6.07) is 12.4. The molecule has 1 heterocycles. The molecular weight excluding hydrogens is 284 g/mol. The Morgan fingerprint density at radius 1 is 1.09 bits per heavy atom. The van der Waals surface area contributed by atoms with E-state index in [0.29, 0.717) is 18.1 Å². The number of carbonyl (C=O) groups is 1. The molecule has 2 aliphatic carbocycles. The van der Waals surface area contributed by atoms with E-state index in [1.54, 1.807) is 12.3 Å². The average molecular weight is 308 g/mol. The summed E-state index contributed by atoms with van der Waals surface area (Å²) in [5.74, 6) is 1.33. The quantitative estimate of drug-likeness (QED) is 0.716. The molecule has 0 bridgehead atoms. The van der Waals surface area contributed by atoms with Crippen LogP contribution in [0.5, 0.6) is 0 Å². The molecule has 1 fully saturated rings. The lowest BCUT2D eigenvalue weighted by atomic mass is 9.60. The lowest BCUT2D eigenvalue weighted by molar-refractivity contribution is 0.0875. The van der Waals surface area contributed by atoms with E-state index in [2.05, 4.69) is 24.3 Å². The number of ketones is 1. The van der Waals surface area contributed by atoms with Crippen LogP contribution in [0.4, 0.5) is 0 Å². The monoisotopic (exact) mass is 308 g/mol. The van der Waals surface area contributed by atoms with E-state index in [4.69, 9.17) is 4.42 Å². The number of hydrogen-bond donors (Lipinski definition) is 0. The SMILES string of the molecule is O=C(CC1(C2CCCC2)CCCc2ccccc21)c1ccco1. The molecule has 0 spiro atoms. The number of rotatable bonds is 4. The summed E-state index contributed by atoms with van der Waals surface area (Å²) < 4.78 is 5.38. The molecule has 1 aromatic carbocycles. The summed E-state index contributed by atoms with van der Waals surface area (Å²) in [6.07, 6.45) is 10.8. The lowest BCUT2D eigenvalue weighted by Gasteiger charge is -2.43.